The third-order valence-electron chi connectivity index (χ3n) is 4.44. The largest absolute Gasteiger partial charge is 0.508 e. The highest BCUT2D eigenvalue weighted by Gasteiger charge is 2.13. The van der Waals surface area contributed by atoms with E-state index in [0.717, 1.165) is 44.5 Å². The van der Waals surface area contributed by atoms with Crippen molar-refractivity contribution >= 4 is 24.7 Å². The predicted molar refractivity (Wildman–Crippen MR) is 141 cm³/mol. The van der Waals surface area contributed by atoms with Crippen molar-refractivity contribution in [3.8, 4) is 5.75 Å². The number of unbranched alkanes of at least 4 members (excludes halogenated alkanes) is 6. The van der Waals surface area contributed by atoms with Crippen molar-refractivity contribution < 1.29 is 43.6 Å². The van der Waals surface area contributed by atoms with E-state index in [4.69, 9.17) is 19.7 Å². The second kappa shape index (κ2) is 25.8. The molecule has 9 heteroatoms. The Hall–Kier alpha value is -3.30. The highest BCUT2D eigenvalue weighted by molar-refractivity contribution is 6.04. The van der Waals surface area contributed by atoms with Crippen molar-refractivity contribution in [2.45, 2.75) is 71.3 Å². The number of carbonyl (C=O) groups excluding carboxylic acids is 3. The van der Waals surface area contributed by atoms with E-state index in [1.807, 2.05) is 18.9 Å². The van der Waals surface area contributed by atoms with Crippen LogP contribution < -0.4 is 0 Å². The fourth-order valence-corrected chi connectivity index (χ4v) is 2.35. The zero-order valence-electron chi connectivity index (χ0n) is 22.1. The second-order valence-corrected chi connectivity index (χ2v) is 7.91. The molecule has 2 saturated heterocycles. The highest BCUT2D eigenvalue weighted by atomic mass is 16.6. The molecule has 37 heavy (non-hydrogen) atoms. The van der Waals surface area contributed by atoms with Gasteiger partial charge in [0.1, 0.15) is 12.5 Å². The van der Waals surface area contributed by atoms with Crippen LogP contribution in [-0.2, 0) is 39.8 Å². The molecule has 9 nitrogen and oxygen atoms in total. The standard InChI is InChI=1S/C15H24O.C4H2O3.C3H4O2.C3H6O.C2H4O.CH2O/c1-2-3-4-5-6-7-8-9-14-10-12-15(16)13-11-14;5-3-1-2-4(6)7-3;1-2-3(4)5;1-3-2-4-3;1-2-3-1;1-2/h10-13,16H,2-9H2,1H3;1-2H;2H,1H2,(H,4,5);3H,2H2,1H3;1-2H2;1H2. The number of esters is 2. The number of phenolic OH excluding ortho intramolecular Hbond substituents is 1. The number of hydrogen-bond donors (Lipinski definition) is 2. The molecule has 1 unspecified atom stereocenters. The number of phenols is 1. The van der Waals surface area contributed by atoms with Crippen molar-refractivity contribution in [1.29, 1.82) is 0 Å². The number of ether oxygens (including phenoxy) is 3. The lowest BCUT2D eigenvalue weighted by atomic mass is 10.0. The molecule has 3 heterocycles. The summed E-state index contributed by atoms with van der Waals surface area (Å²) < 4.78 is 13.2. The molecule has 3 aliphatic rings. The molecule has 1 aromatic carbocycles. The Kier molecular flexibility index (Phi) is 25.0. The van der Waals surface area contributed by atoms with E-state index in [1.54, 1.807) is 12.1 Å². The van der Waals surface area contributed by atoms with E-state index < -0.39 is 17.9 Å². The fraction of sp³-hybridized carbons (Fsp3) is 0.500. The molecule has 0 saturated carbocycles. The number of carboxylic acids is 1. The Balaban J connectivity index is 0. The number of epoxide rings is 2. The lowest BCUT2D eigenvalue weighted by Crippen LogP contribution is -1.96. The van der Waals surface area contributed by atoms with Crippen LogP contribution in [0.2, 0.25) is 0 Å². The minimum Gasteiger partial charge on any atom is -0.508 e. The van der Waals surface area contributed by atoms with Crippen molar-refractivity contribution in [3.63, 3.8) is 0 Å². The number of aromatic hydroxyl groups is 1. The van der Waals surface area contributed by atoms with Crippen LogP contribution in [0, 0.1) is 0 Å². The number of cyclic esters (lactones) is 2. The Morgan fingerprint density at radius 1 is 0.973 bits per heavy atom. The van der Waals surface area contributed by atoms with Crippen molar-refractivity contribution in [2.24, 2.45) is 0 Å². The smallest absolute Gasteiger partial charge is 0.338 e. The van der Waals surface area contributed by atoms with Crippen molar-refractivity contribution in [1.82, 2.24) is 0 Å². The first-order valence-corrected chi connectivity index (χ1v) is 12.3. The molecule has 0 aliphatic carbocycles. The molecule has 0 bridgehead atoms. The molecular formula is C28H42O9. The summed E-state index contributed by atoms with van der Waals surface area (Å²) in [6.07, 6.45) is 14.2. The van der Waals surface area contributed by atoms with Gasteiger partial charge in [0, 0.05) is 18.2 Å². The first-order valence-electron chi connectivity index (χ1n) is 12.3. The van der Waals surface area contributed by atoms with Gasteiger partial charge in [0.05, 0.1) is 25.9 Å². The van der Waals surface area contributed by atoms with E-state index in [9.17, 15) is 14.4 Å². The summed E-state index contributed by atoms with van der Waals surface area (Å²) in [6, 6.07) is 7.59. The maximum atomic E-state index is 9.92. The minimum atomic E-state index is -0.981. The van der Waals surface area contributed by atoms with Crippen LogP contribution in [0.5, 0.6) is 5.75 Å². The SMILES string of the molecule is C1CO1.C=CC(=O)O.C=O.CC1CO1.CCCCCCCCCc1ccc(O)cc1.O=C1C=CC(=O)O1. The Morgan fingerprint density at radius 2 is 1.38 bits per heavy atom. The molecule has 4 rings (SSSR count). The Morgan fingerprint density at radius 3 is 1.68 bits per heavy atom. The molecule has 2 N–H and O–H groups in total. The van der Waals surface area contributed by atoms with Gasteiger partial charge in [0.15, 0.2) is 0 Å². The average Bonchev–Trinajstić information content (AvgIpc) is 3.84. The van der Waals surface area contributed by atoms with Gasteiger partial charge in [-0.3, -0.25) is 0 Å². The molecule has 0 aromatic heterocycles. The molecule has 0 radical (unpaired) electrons. The number of aliphatic carboxylic acids is 1. The Bertz CT molecular complexity index is 748. The van der Waals surface area contributed by atoms with Gasteiger partial charge in [-0.1, -0.05) is 64.2 Å². The average molecular weight is 523 g/mol. The van der Waals surface area contributed by atoms with Crippen LogP contribution in [0.1, 0.15) is 64.4 Å². The van der Waals surface area contributed by atoms with Crippen LogP contribution in [0.3, 0.4) is 0 Å². The van der Waals surface area contributed by atoms with Gasteiger partial charge in [0.2, 0.25) is 0 Å². The number of carbonyl (C=O) groups is 4. The molecular weight excluding hydrogens is 480 g/mol. The molecule has 1 aromatic rings. The van der Waals surface area contributed by atoms with E-state index >= 15 is 0 Å². The van der Waals surface area contributed by atoms with Gasteiger partial charge in [0.25, 0.3) is 0 Å². The van der Waals surface area contributed by atoms with Gasteiger partial charge in [-0.15, -0.1) is 0 Å². The molecule has 1 atom stereocenters. The second-order valence-electron chi connectivity index (χ2n) is 7.91. The maximum absolute atomic E-state index is 9.92. The zero-order valence-corrected chi connectivity index (χ0v) is 22.1. The van der Waals surface area contributed by atoms with Crippen LogP contribution in [0.25, 0.3) is 0 Å². The molecule has 3 aliphatic heterocycles. The van der Waals surface area contributed by atoms with Crippen LogP contribution in [-0.4, -0.2) is 60.8 Å². The molecule has 208 valence electrons. The summed E-state index contributed by atoms with van der Waals surface area (Å²) in [5, 5.41) is 16.8. The minimum absolute atomic E-state index is 0.364. The van der Waals surface area contributed by atoms with Gasteiger partial charge in [-0.2, -0.15) is 0 Å². The summed E-state index contributed by atoms with van der Waals surface area (Å²) in [5.74, 6) is -1.77. The van der Waals surface area contributed by atoms with Crippen LogP contribution in [0.4, 0.5) is 0 Å². The third-order valence-corrected chi connectivity index (χ3v) is 4.44. The van der Waals surface area contributed by atoms with Gasteiger partial charge in [-0.05, 0) is 37.5 Å². The zero-order chi connectivity index (χ0) is 28.3. The summed E-state index contributed by atoms with van der Waals surface area (Å²) in [6.45, 7) is 12.3. The number of carboxylic acid groups (broad SMARTS) is 1. The molecule has 2 fully saturated rings. The number of hydrogen-bond acceptors (Lipinski definition) is 8. The summed E-state index contributed by atoms with van der Waals surface area (Å²) in [7, 11) is 0. The van der Waals surface area contributed by atoms with E-state index in [1.165, 1.54) is 50.5 Å². The number of rotatable bonds is 9. The first kappa shape index (κ1) is 35.9. The van der Waals surface area contributed by atoms with Crippen LogP contribution in [0.15, 0.2) is 49.1 Å². The van der Waals surface area contributed by atoms with Crippen LogP contribution >= 0.6 is 0 Å². The Labute approximate surface area is 220 Å². The van der Waals surface area contributed by atoms with Crippen molar-refractivity contribution in [3.05, 3.63) is 54.6 Å². The highest BCUT2D eigenvalue weighted by Crippen LogP contribution is 2.13. The summed E-state index contributed by atoms with van der Waals surface area (Å²) in [5.41, 5.74) is 1.34. The van der Waals surface area contributed by atoms with Gasteiger partial charge in [-0.25, -0.2) is 14.4 Å². The monoisotopic (exact) mass is 522 g/mol. The first-order chi connectivity index (χ1) is 17.8. The van der Waals surface area contributed by atoms with Gasteiger partial charge < -0.3 is 29.2 Å². The number of aryl methyl sites for hydroxylation is 1. The van der Waals surface area contributed by atoms with E-state index in [0.29, 0.717) is 11.9 Å². The lowest BCUT2D eigenvalue weighted by Gasteiger charge is -2.02. The topological polar surface area (TPSA) is 143 Å². The fourth-order valence-electron chi connectivity index (χ4n) is 2.35. The summed E-state index contributed by atoms with van der Waals surface area (Å²) in [4.78, 5) is 37.1. The quantitative estimate of drug-likeness (QED) is 0.154. The molecule has 0 amide bonds. The van der Waals surface area contributed by atoms with Crippen molar-refractivity contribution in [2.75, 3.05) is 19.8 Å². The van der Waals surface area contributed by atoms with E-state index in [-0.39, 0.29) is 0 Å². The number of benzene rings is 1. The van der Waals surface area contributed by atoms with E-state index in [2.05, 4.69) is 29.9 Å². The van der Waals surface area contributed by atoms with Gasteiger partial charge >= 0.3 is 17.9 Å². The maximum Gasteiger partial charge on any atom is 0.338 e. The normalized spacial score (nSPS) is 15.1. The summed E-state index contributed by atoms with van der Waals surface area (Å²) >= 11 is 0. The molecule has 0 spiro atoms. The lowest BCUT2D eigenvalue weighted by molar-refractivity contribution is -0.150. The third kappa shape index (κ3) is 32.7. The predicted octanol–water partition coefficient (Wildman–Crippen LogP) is 4.81.